The van der Waals surface area contributed by atoms with Crippen LogP contribution in [0.2, 0.25) is 0 Å². The zero-order chi connectivity index (χ0) is 18.7. The Morgan fingerprint density at radius 3 is 1.65 bits per heavy atom. The standard InChI is InChI=1S/C5H9NO2.C5H9NO.C5H8O3/c1-2-5(7)8-4-3-6;1-4-5(7)6(2)3;1-2-5(7)8-4-3-6/h2H,1,3-4,6H2;4H,1H2,2-3H3;2,6H,1,3-4H2. The number of carbonyl (C=O) groups excluding carboxylic acids is 3. The van der Waals surface area contributed by atoms with Gasteiger partial charge in [0, 0.05) is 32.8 Å². The molecule has 0 fully saturated rings. The molecule has 0 aromatic carbocycles. The quantitative estimate of drug-likeness (QED) is 0.483. The van der Waals surface area contributed by atoms with E-state index in [0.717, 1.165) is 12.2 Å². The van der Waals surface area contributed by atoms with Gasteiger partial charge < -0.3 is 25.2 Å². The van der Waals surface area contributed by atoms with Crippen LogP contribution in [0.5, 0.6) is 0 Å². The predicted octanol–water partition coefficient (Wildman–Crippen LogP) is -0.357. The van der Waals surface area contributed by atoms with Gasteiger partial charge in [0.2, 0.25) is 5.91 Å². The third-order valence-electron chi connectivity index (χ3n) is 1.65. The van der Waals surface area contributed by atoms with E-state index in [1.807, 2.05) is 0 Å². The van der Waals surface area contributed by atoms with Crippen molar-refractivity contribution in [1.82, 2.24) is 4.90 Å². The number of likely N-dealkylation sites (N-methyl/N-ethyl adjacent to an activating group) is 1. The molecule has 0 aliphatic carbocycles. The molecule has 0 bridgehead atoms. The molecule has 0 rings (SSSR count). The molecule has 8 nitrogen and oxygen atoms in total. The SMILES string of the molecule is C=CC(=O)N(C)C.C=CC(=O)OCCN.C=CC(=O)OCCO. The molecule has 8 heteroatoms. The number of aliphatic hydroxyl groups is 1. The Hall–Kier alpha value is -2.45. The fourth-order valence-corrected chi connectivity index (χ4v) is 0.606. The molecule has 0 heterocycles. The Kier molecular flexibility index (Phi) is 21.7. The van der Waals surface area contributed by atoms with Gasteiger partial charge in [-0.1, -0.05) is 19.7 Å². The number of amides is 1. The summed E-state index contributed by atoms with van der Waals surface area (Å²) >= 11 is 0. The highest BCUT2D eigenvalue weighted by molar-refractivity contribution is 5.86. The average molecular weight is 330 g/mol. The summed E-state index contributed by atoms with van der Waals surface area (Å²) in [4.78, 5) is 32.1. The summed E-state index contributed by atoms with van der Waals surface area (Å²) in [5, 5.41) is 8.10. The molecule has 0 unspecified atom stereocenters. The van der Waals surface area contributed by atoms with Crippen molar-refractivity contribution in [3.05, 3.63) is 38.0 Å². The van der Waals surface area contributed by atoms with Crippen LogP contribution in [-0.4, -0.2) is 68.3 Å². The predicted molar refractivity (Wildman–Crippen MR) is 87.3 cm³/mol. The van der Waals surface area contributed by atoms with Crippen molar-refractivity contribution in [3.63, 3.8) is 0 Å². The molecule has 0 aromatic heterocycles. The molecular formula is C15H26N2O6. The minimum atomic E-state index is -0.501. The van der Waals surface area contributed by atoms with Crippen LogP contribution in [0.1, 0.15) is 0 Å². The summed E-state index contributed by atoms with van der Waals surface area (Å²) in [6.07, 6.45) is 3.44. The molecule has 3 N–H and O–H groups in total. The minimum absolute atomic E-state index is 0.0465. The number of ether oxygens (including phenoxy) is 2. The van der Waals surface area contributed by atoms with E-state index in [2.05, 4.69) is 29.2 Å². The van der Waals surface area contributed by atoms with Gasteiger partial charge in [-0.2, -0.15) is 0 Å². The van der Waals surface area contributed by atoms with Crippen molar-refractivity contribution in [3.8, 4) is 0 Å². The van der Waals surface area contributed by atoms with Gasteiger partial charge >= 0.3 is 11.9 Å². The van der Waals surface area contributed by atoms with Gasteiger partial charge in [0.25, 0.3) is 0 Å². The van der Waals surface area contributed by atoms with E-state index in [9.17, 15) is 14.4 Å². The molecule has 0 saturated carbocycles. The molecule has 0 aromatic rings. The first kappa shape index (κ1) is 25.5. The molecule has 0 atom stereocenters. The summed E-state index contributed by atoms with van der Waals surface area (Å²) in [5.41, 5.74) is 5.02. The lowest BCUT2D eigenvalue weighted by Gasteiger charge is -2.03. The summed E-state index contributed by atoms with van der Waals surface area (Å²) in [6.45, 7) is 10.2. The van der Waals surface area contributed by atoms with Crippen LogP contribution in [0.3, 0.4) is 0 Å². The fourth-order valence-electron chi connectivity index (χ4n) is 0.606. The zero-order valence-corrected chi connectivity index (χ0v) is 13.7. The lowest BCUT2D eigenvalue weighted by atomic mass is 10.5. The first-order chi connectivity index (χ1) is 10.8. The largest absolute Gasteiger partial charge is 0.461 e. The Bertz CT molecular complexity index is 356. The minimum Gasteiger partial charge on any atom is -0.461 e. The molecule has 132 valence electrons. The van der Waals surface area contributed by atoms with Gasteiger partial charge in [-0.25, -0.2) is 9.59 Å². The number of hydrogen-bond donors (Lipinski definition) is 2. The van der Waals surface area contributed by atoms with Crippen LogP contribution in [0.25, 0.3) is 0 Å². The van der Waals surface area contributed by atoms with E-state index < -0.39 is 11.9 Å². The maximum atomic E-state index is 10.3. The number of rotatable bonds is 7. The van der Waals surface area contributed by atoms with Gasteiger partial charge in [0.05, 0.1) is 6.61 Å². The first-order valence-corrected chi connectivity index (χ1v) is 6.53. The number of esters is 2. The van der Waals surface area contributed by atoms with Crippen molar-refractivity contribution in [2.24, 2.45) is 5.73 Å². The lowest BCUT2D eigenvalue weighted by molar-refractivity contribution is -0.139. The van der Waals surface area contributed by atoms with Gasteiger partial charge in [-0.15, -0.1) is 0 Å². The molecule has 0 radical (unpaired) electrons. The highest BCUT2D eigenvalue weighted by Gasteiger charge is 1.92. The van der Waals surface area contributed by atoms with Crippen LogP contribution in [0.15, 0.2) is 38.0 Å². The first-order valence-electron chi connectivity index (χ1n) is 6.53. The second-order valence-electron chi connectivity index (χ2n) is 3.69. The maximum Gasteiger partial charge on any atom is 0.330 e. The van der Waals surface area contributed by atoms with Crippen molar-refractivity contribution >= 4 is 17.8 Å². The lowest BCUT2D eigenvalue weighted by Crippen LogP contribution is -2.18. The average Bonchev–Trinajstić information content (AvgIpc) is 2.57. The number of nitrogens with zero attached hydrogens (tertiary/aromatic N) is 1. The van der Waals surface area contributed by atoms with E-state index >= 15 is 0 Å². The van der Waals surface area contributed by atoms with E-state index in [1.54, 1.807) is 14.1 Å². The molecular weight excluding hydrogens is 304 g/mol. The zero-order valence-electron chi connectivity index (χ0n) is 13.7. The van der Waals surface area contributed by atoms with E-state index in [-0.39, 0.29) is 25.7 Å². The number of aliphatic hydroxyl groups excluding tert-OH is 1. The highest BCUT2D eigenvalue weighted by atomic mass is 16.5. The second-order valence-corrected chi connectivity index (χ2v) is 3.69. The Balaban J connectivity index is -0.000000262. The van der Waals surface area contributed by atoms with Crippen molar-refractivity contribution < 1.29 is 29.0 Å². The van der Waals surface area contributed by atoms with Crippen LogP contribution >= 0.6 is 0 Å². The molecule has 0 saturated heterocycles. The van der Waals surface area contributed by atoms with Gasteiger partial charge in [-0.3, -0.25) is 4.79 Å². The third kappa shape index (κ3) is 24.9. The second kappa shape index (κ2) is 19.6. The van der Waals surface area contributed by atoms with Crippen molar-refractivity contribution in [2.75, 3.05) is 40.5 Å². The molecule has 0 aliphatic rings. The highest BCUT2D eigenvalue weighted by Crippen LogP contribution is 1.76. The van der Waals surface area contributed by atoms with Gasteiger partial charge in [0.1, 0.15) is 13.2 Å². The van der Waals surface area contributed by atoms with E-state index in [0.29, 0.717) is 6.54 Å². The summed E-state index contributed by atoms with van der Waals surface area (Å²) in [7, 11) is 3.37. The topological polar surface area (TPSA) is 119 Å². The van der Waals surface area contributed by atoms with E-state index in [4.69, 9.17) is 10.8 Å². The molecule has 0 aliphatic heterocycles. The van der Waals surface area contributed by atoms with Crippen molar-refractivity contribution in [1.29, 1.82) is 0 Å². The molecule has 0 spiro atoms. The van der Waals surface area contributed by atoms with Crippen molar-refractivity contribution in [2.45, 2.75) is 0 Å². The van der Waals surface area contributed by atoms with Crippen LogP contribution < -0.4 is 5.73 Å². The summed E-state index contributed by atoms with van der Waals surface area (Å²) < 4.78 is 8.79. The van der Waals surface area contributed by atoms with Gasteiger partial charge in [0.15, 0.2) is 0 Å². The third-order valence-corrected chi connectivity index (χ3v) is 1.65. The Morgan fingerprint density at radius 1 is 1.00 bits per heavy atom. The fraction of sp³-hybridized carbons (Fsp3) is 0.400. The molecule has 23 heavy (non-hydrogen) atoms. The maximum absolute atomic E-state index is 10.3. The smallest absolute Gasteiger partial charge is 0.330 e. The summed E-state index contributed by atoms with van der Waals surface area (Å²) in [5.74, 6) is -0.977. The number of carbonyl (C=O) groups is 3. The Labute approximate surface area is 136 Å². The number of nitrogens with two attached hydrogens (primary N) is 1. The monoisotopic (exact) mass is 330 g/mol. The molecule has 1 amide bonds. The van der Waals surface area contributed by atoms with Crippen LogP contribution in [0, 0.1) is 0 Å². The van der Waals surface area contributed by atoms with Gasteiger partial charge in [-0.05, 0) is 6.08 Å². The van der Waals surface area contributed by atoms with Crippen LogP contribution in [-0.2, 0) is 23.9 Å². The van der Waals surface area contributed by atoms with Crippen LogP contribution in [0.4, 0.5) is 0 Å². The summed E-state index contributed by atoms with van der Waals surface area (Å²) in [6, 6.07) is 0. The number of hydrogen-bond acceptors (Lipinski definition) is 7. The normalized spacial score (nSPS) is 8.00. The Morgan fingerprint density at radius 2 is 1.43 bits per heavy atom. The van der Waals surface area contributed by atoms with E-state index in [1.165, 1.54) is 11.0 Å².